The molecule has 0 radical (unpaired) electrons. The molecule has 8 nitrogen and oxygen atoms in total. The number of nitrogens with one attached hydrogen (secondary N) is 1. The van der Waals surface area contributed by atoms with Crippen molar-refractivity contribution >= 4 is 22.5 Å². The molecule has 9 heteroatoms. The van der Waals surface area contributed by atoms with Gasteiger partial charge in [-0.3, -0.25) is 9.69 Å². The third-order valence-electron chi connectivity index (χ3n) is 7.36. The fraction of sp³-hybridized carbons (Fsp3) is 0.310. The predicted molar refractivity (Wildman–Crippen MR) is 146 cm³/mol. The second kappa shape index (κ2) is 10.6. The van der Waals surface area contributed by atoms with Gasteiger partial charge in [0.2, 0.25) is 0 Å². The molecule has 1 atom stereocenters. The van der Waals surface area contributed by atoms with Crippen LogP contribution in [0.5, 0.6) is 0 Å². The fourth-order valence-corrected chi connectivity index (χ4v) is 5.61. The Balaban J connectivity index is 1.52. The number of pyridine rings is 1. The summed E-state index contributed by atoms with van der Waals surface area (Å²) < 4.78 is 7.70. The second-order valence-corrected chi connectivity index (χ2v) is 10.5. The molecule has 6 rings (SSSR count). The zero-order chi connectivity index (χ0) is 26.1. The zero-order valence-corrected chi connectivity index (χ0v) is 21.9. The first kappa shape index (κ1) is 24.6. The fourth-order valence-electron chi connectivity index (χ4n) is 5.49. The number of fused-ring (bicyclic) bond motifs is 1. The van der Waals surface area contributed by atoms with E-state index in [2.05, 4.69) is 31.5 Å². The summed E-state index contributed by atoms with van der Waals surface area (Å²) in [5, 5.41) is 14.7. The second-order valence-electron chi connectivity index (χ2n) is 10.1. The molecule has 1 saturated carbocycles. The Bertz CT molecular complexity index is 1590. The van der Waals surface area contributed by atoms with E-state index in [4.69, 9.17) is 16.0 Å². The minimum atomic E-state index is -0.513. The molecule has 3 aromatic heterocycles. The van der Waals surface area contributed by atoms with Crippen molar-refractivity contribution in [2.75, 3.05) is 0 Å². The molecule has 3 heterocycles. The van der Waals surface area contributed by atoms with E-state index in [0.717, 1.165) is 53.5 Å². The molecule has 0 aliphatic heterocycles. The van der Waals surface area contributed by atoms with Gasteiger partial charge in [-0.05, 0) is 83.1 Å². The van der Waals surface area contributed by atoms with Crippen LogP contribution in [0, 0.1) is 6.92 Å². The lowest BCUT2D eigenvalue weighted by Gasteiger charge is -2.31. The lowest BCUT2D eigenvalue weighted by atomic mass is 10.0. The molecule has 1 unspecified atom stereocenters. The Morgan fingerprint density at radius 2 is 1.92 bits per heavy atom. The van der Waals surface area contributed by atoms with Gasteiger partial charge in [-0.2, -0.15) is 0 Å². The van der Waals surface area contributed by atoms with Crippen LogP contribution >= 0.6 is 11.6 Å². The van der Waals surface area contributed by atoms with Crippen LogP contribution in [0.1, 0.15) is 66.0 Å². The maximum absolute atomic E-state index is 13.7. The topological polar surface area (TPSA) is 92.8 Å². The van der Waals surface area contributed by atoms with Gasteiger partial charge in [0.25, 0.3) is 5.56 Å². The number of nitrogens with zero attached hydrogens (tertiary/aromatic N) is 5. The van der Waals surface area contributed by atoms with E-state index in [0.29, 0.717) is 29.5 Å². The van der Waals surface area contributed by atoms with Crippen molar-refractivity contribution in [3.8, 4) is 0 Å². The van der Waals surface area contributed by atoms with Crippen LogP contribution < -0.4 is 5.56 Å². The molecule has 38 heavy (non-hydrogen) atoms. The molecular weight excluding hydrogens is 500 g/mol. The summed E-state index contributed by atoms with van der Waals surface area (Å²) in [6, 6.07) is 19.3. The Morgan fingerprint density at radius 1 is 1.11 bits per heavy atom. The average Bonchev–Trinajstić information content (AvgIpc) is 3.69. The number of halogens is 1. The number of tetrazole rings is 1. The normalized spacial score (nSPS) is 15.0. The van der Waals surface area contributed by atoms with Crippen molar-refractivity contribution in [2.45, 2.75) is 57.8 Å². The number of hydrogen-bond acceptors (Lipinski definition) is 6. The van der Waals surface area contributed by atoms with E-state index in [1.54, 1.807) is 6.26 Å². The third-order valence-corrected chi connectivity index (χ3v) is 7.61. The summed E-state index contributed by atoms with van der Waals surface area (Å²) in [6.07, 6.45) is 6.00. The van der Waals surface area contributed by atoms with Crippen LogP contribution in [0.2, 0.25) is 5.02 Å². The molecule has 0 spiro atoms. The van der Waals surface area contributed by atoms with Crippen molar-refractivity contribution in [3.05, 3.63) is 111 Å². The van der Waals surface area contributed by atoms with E-state index in [1.807, 2.05) is 66.2 Å². The standard InChI is InChI=1S/C29H29ClN6O2/c1-19-8-11-21-16-25(29(37)31-26(21)15-19)27(28-32-33-34-36(28)23-5-2-3-6-23)35(18-24-7-4-14-38-24)17-20-9-12-22(30)13-10-20/h4,7-16,23,27H,2-3,5-6,17-18H2,1H3,(H,31,37). The maximum atomic E-state index is 13.7. The minimum absolute atomic E-state index is 0.158. The molecule has 1 aliphatic carbocycles. The predicted octanol–water partition coefficient (Wildman–Crippen LogP) is 5.98. The van der Waals surface area contributed by atoms with Crippen LogP contribution in [0.15, 0.2) is 76.1 Å². The number of furan rings is 1. The van der Waals surface area contributed by atoms with Gasteiger partial charge in [0.1, 0.15) is 11.8 Å². The van der Waals surface area contributed by atoms with Crippen molar-refractivity contribution in [3.63, 3.8) is 0 Å². The van der Waals surface area contributed by atoms with Crippen molar-refractivity contribution in [1.82, 2.24) is 30.1 Å². The third kappa shape index (κ3) is 5.01. The number of benzene rings is 2. The lowest BCUT2D eigenvalue weighted by Crippen LogP contribution is -2.35. The molecule has 1 fully saturated rings. The molecular formula is C29H29ClN6O2. The van der Waals surface area contributed by atoms with Gasteiger partial charge in [0.15, 0.2) is 5.82 Å². The molecule has 0 amide bonds. The largest absolute Gasteiger partial charge is 0.468 e. The minimum Gasteiger partial charge on any atom is -0.468 e. The number of aromatic nitrogens is 5. The smallest absolute Gasteiger partial charge is 0.253 e. The van der Waals surface area contributed by atoms with Crippen LogP contribution in [0.25, 0.3) is 10.9 Å². The Hall–Kier alpha value is -3.75. The number of hydrogen-bond donors (Lipinski definition) is 1. The van der Waals surface area contributed by atoms with E-state index in [1.165, 1.54) is 0 Å². The molecule has 1 N–H and O–H groups in total. The van der Waals surface area contributed by atoms with Crippen LogP contribution in [0.3, 0.4) is 0 Å². The number of aromatic amines is 1. The molecule has 194 valence electrons. The van der Waals surface area contributed by atoms with E-state index in [-0.39, 0.29) is 11.6 Å². The van der Waals surface area contributed by atoms with Gasteiger partial charge in [-0.1, -0.05) is 48.7 Å². The van der Waals surface area contributed by atoms with Crippen molar-refractivity contribution in [1.29, 1.82) is 0 Å². The summed E-state index contributed by atoms with van der Waals surface area (Å²) in [5.74, 6) is 1.45. The van der Waals surface area contributed by atoms with Gasteiger partial charge >= 0.3 is 0 Å². The summed E-state index contributed by atoms with van der Waals surface area (Å²) in [4.78, 5) is 19.0. The highest BCUT2D eigenvalue weighted by molar-refractivity contribution is 6.30. The first-order valence-electron chi connectivity index (χ1n) is 13.0. The quantitative estimate of drug-likeness (QED) is 0.266. The number of rotatable bonds is 8. The molecule has 0 saturated heterocycles. The summed E-state index contributed by atoms with van der Waals surface area (Å²) >= 11 is 6.18. The van der Waals surface area contributed by atoms with Gasteiger partial charge in [0, 0.05) is 22.6 Å². The Kier molecular flexibility index (Phi) is 6.82. The zero-order valence-electron chi connectivity index (χ0n) is 21.2. The average molecular weight is 529 g/mol. The summed E-state index contributed by atoms with van der Waals surface area (Å²) in [6.45, 7) is 3.01. The Morgan fingerprint density at radius 3 is 2.68 bits per heavy atom. The van der Waals surface area contributed by atoms with Crippen LogP contribution in [0.4, 0.5) is 0 Å². The summed E-state index contributed by atoms with van der Waals surface area (Å²) in [5.41, 5.74) is 3.39. The monoisotopic (exact) mass is 528 g/mol. The molecule has 2 aromatic carbocycles. The van der Waals surface area contributed by atoms with Crippen LogP contribution in [-0.2, 0) is 13.1 Å². The van der Waals surface area contributed by atoms with Gasteiger partial charge in [0.05, 0.1) is 18.8 Å². The molecule has 0 bridgehead atoms. The van der Waals surface area contributed by atoms with E-state index in [9.17, 15) is 4.79 Å². The molecule has 5 aromatic rings. The SMILES string of the molecule is Cc1ccc2cc(C(c3nnnn3C3CCCC3)N(Cc3ccc(Cl)cc3)Cc3ccco3)c(=O)[nH]c2c1. The summed E-state index contributed by atoms with van der Waals surface area (Å²) in [7, 11) is 0. The highest BCUT2D eigenvalue weighted by Gasteiger charge is 2.33. The number of H-pyrrole nitrogens is 1. The van der Waals surface area contributed by atoms with Gasteiger partial charge in [-0.15, -0.1) is 5.10 Å². The lowest BCUT2D eigenvalue weighted by molar-refractivity contribution is 0.176. The van der Waals surface area contributed by atoms with E-state index >= 15 is 0 Å². The van der Waals surface area contributed by atoms with Crippen molar-refractivity contribution in [2.24, 2.45) is 0 Å². The van der Waals surface area contributed by atoms with Gasteiger partial charge in [-0.25, -0.2) is 4.68 Å². The maximum Gasteiger partial charge on any atom is 0.253 e. The first-order chi connectivity index (χ1) is 18.5. The highest BCUT2D eigenvalue weighted by Crippen LogP contribution is 2.35. The van der Waals surface area contributed by atoms with Crippen molar-refractivity contribution < 1.29 is 4.42 Å². The number of aryl methyl sites for hydroxylation is 1. The van der Waals surface area contributed by atoms with Gasteiger partial charge < -0.3 is 9.40 Å². The first-order valence-corrected chi connectivity index (χ1v) is 13.4. The van der Waals surface area contributed by atoms with Crippen LogP contribution in [-0.4, -0.2) is 30.1 Å². The highest BCUT2D eigenvalue weighted by atomic mass is 35.5. The molecule has 1 aliphatic rings. The Labute approximate surface area is 225 Å². The van der Waals surface area contributed by atoms with E-state index < -0.39 is 6.04 Å².